The first kappa shape index (κ1) is 22.0. The standard InChI is InChI=1S/C23H26F3N3OS/c1-14-6-17(8-18(7-14)13-30)12-29-15(2)10-28(11-16(29)3)22-27-20-5-4-19(23(24,25)26)9-21(20)31-22/h4-9,15-16,30H,10-13H2,1-3H3. The molecule has 0 bridgehead atoms. The number of rotatable bonds is 4. The molecule has 8 heteroatoms. The SMILES string of the molecule is Cc1cc(CO)cc(CN2C(C)CN(c3nc4ccc(C(F)(F)F)cc4s3)CC2C)c1. The van der Waals surface area contributed by atoms with E-state index in [0.717, 1.165) is 42.0 Å². The van der Waals surface area contributed by atoms with Gasteiger partial charge in [0.25, 0.3) is 0 Å². The minimum atomic E-state index is -4.35. The Balaban J connectivity index is 1.52. The van der Waals surface area contributed by atoms with Crippen molar-refractivity contribution in [3.05, 3.63) is 58.7 Å². The molecule has 1 aliphatic heterocycles. The second kappa shape index (κ2) is 8.41. The molecule has 0 spiro atoms. The summed E-state index contributed by atoms with van der Waals surface area (Å²) in [7, 11) is 0. The van der Waals surface area contributed by atoms with Gasteiger partial charge in [0.1, 0.15) is 0 Å². The van der Waals surface area contributed by atoms with E-state index in [2.05, 4.69) is 34.7 Å². The molecule has 1 aliphatic rings. The van der Waals surface area contributed by atoms with Crippen molar-refractivity contribution in [3.8, 4) is 0 Å². The highest BCUT2D eigenvalue weighted by Crippen LogP contribution is 2.36. The van der Waals surface area contributed by atoms with Gasteiger partial charge in [-0.15, -0.1) is 0 Å². The number of aliphatic hydroxyl groups excluding tert-OH is 1. The number of aryl methyl sites for hydroxylation is 1. The maximum Gasteiger partial charge on any atom is 0.416 e. The van der Waals surface area contributed by atoms with Gasteiger partial charge in [-0.2, -0.15) is 13.2 Å². The van der Waals surface area contributed by atoms with Gasteiger partial charge in [-0.1, -0.05) is 35.1 Å². The summed E-state index contributed by atoms with van der Waals surface area (Å²) in [5, 5.41) is 10.3. The molecule has 4 nitrogen and oxygen atoms in total. The zero-order valence-corrected chi connectivity index (χ0v) is 18.6. The number of aromatic nitrogens is 1. The predicted octanol–water partition coefficient (Wildman–Crippen LogP) is 5.22. The Labute approximate surface area is 183 Å². The molecule has 2 atom stereocenters. The average Bonchev–Trinajstić information content (AvgIpc) is 3.13. The first-order chi connectivity index (χ1) is 14.6. The largest absolute Gasteiger partial charge is 0.416 e. The third-order valence-electron chi connectivity index (χ3n) is 5.82. The quantitative estimate of drug-likeness (QED) is 0.593. The molecule has 1 saturated heterocycles. The fraction of sp³-hybridized carbons (Fsp3) is 0.435. The van der Waals surface area contributed by atoms with Crippen LogP contribution in [0.2, 0.25) is 0 Å². The van der Waals surface area contributed by atoms with E-state index in [0.29, 0.717) is 10.2 Å². The number of aliphatic hydroxyl groups is 1. The first-order valence-corrected chi connectivity index (χ1v) is 11.1. The third kappa shape index (κ3) is 4.71. The normalized spacial score (nSPS) is 20.5. The van der Waals surface area contributed by atoms with Crippen LogP contribution in [0, 0.1) is 6.92 Å². The Hall–Kier alpha value is -2.16. The number of hydrogen-bond donors (Lipinski definition) is 1. The van der Waals surface area contributed by atoms with Gasteiger partial charge in [0, 0.05) is 31.7 Å². The lowest BCUT2D eigenvalue weighted by atomic mass is 10.0. The van der Waals surface area contributed by atoms with Crippen molar-refractivity contribution in [1.29, 1.82) is 0 Å². The summed E-state index contributed by atoms with van der Waals surface area (Å²) < 4.78 is 39.6. The summed E-state index contributed by atoms with van der Waals surface area (Å²) in [6, 6.07) is 10.4. The molecular weight excluding hydrogens is 423 g/mol. The van der Waals surface area contributed by atoms with Crippen LogP contribution in [0.5, 0.6) is 0 Å². The van der Waals surface area contributed by atoms with Gasteiger partial charge in [-0.3, -0.25) is 4.90 Å². The van der Waals surface area contributed by atoms with Gasteiger partial charge < -0.3 is 10.0 Å². The van der Waals surface area contributed by atoms with Gasteiger partial charge in [-0.05, 0) is 50.1 Å². The van der Waals surface area contributed by atoms with E-state index in [1.165, 1.54) is 29.0 Å². The monoisotopic (exact) mass is 449 g/mol. The molecule has 0 aliphatic carbocycles. The minimum Gasteiger partial charge on any atom is -0.392 e. The van der Waals surface area contributed by atoms with Crippen molar-refractivity contribution in [2.24, 2.45) is 0 Å². The summed E-state index contributed by atoms with van der Waals surface area (Å²) in [5.41, 5.74) is 3.19. The topological polar surface area (TPSA) is 39.6 Å². The van der Waals surface area contributed by atoms with Crippen molar-refractivity contribution in [3.63, 3.8) is 0 Å². The number of benzene rings is 2. The van der Waals surface area contributed by atoms with E-state index in [9.17, 15) is 18.3 Å². The van der Waals surface area contributed by atoms with Gasteiger partial charge in [0.2, 0.25) is 0 Å². The second-order valence-electron chi connectivity index (χ2n) is 8.44. The summed E-state index contributed by atoms with van der Waals surface area (Å²) >= 11 is 1.32. The molecular formula is C23H26F3N3OS. The molecule has 2 aromatic carbocycles. The Bertz CT molecular complexity index is 1070. The average molecular weight is 450 g/mol. The predicted molar refractivity (Wildman–Crippen MR) is 118 cm³/mol. The highest BCUT2D eigenvalue weighted by atomic mass is 32.1. The molecule has 4 rings (SSSR count). The van der Waals surface area contributed by atoms with Crippen LogP contribution in [0.1, 0.15) is 36.1 Å². The molecule has 3 aromatic rings. The van der Waals surface area contributed by atoms with Crippen LogP contribution < -0.4 is 4.90 Å². The Morgan fingerprint density at radius 3 is 2.39 bits per heavy atom. The molecule has 2 unspecified atom stereocenters. The van der Waals surface area contributed by atoms with Crippen LogP contribution >= 0.6 is 11.3 Å². The number of anilines is 1. The number of hydrogen-bond acceptors (Lipinski definition) is 5. The van der Waals surface area contributed by atoms with Crippen molar-refractivity contribution in [2.45, 2.75) is 52.2 Å². The summed E-state index contributed by atoms with van der Waals surface area (Å²) in [5.74, 6) is 0. The lowest BCUT2D eigenvalue weighted by Crippen LogP contribution is -2.56. The number of halogens is 3. The lowest BCUT2D eigenvalue weighted by molar-refractivity contribution is -0.137. The summed E-state index contributed by atoms with van der Waals surface area (Å²) in [6.45, 7) is 8.70. The Morgan fingerprint density at radius 2 is 1.74 bits per heavy atom. The van der Waals surface area contributed by atoms with Crippen LogP contribution in [0.4, 0.5) is 18.3 Å². The molecule has 166 valence electrons. The van der Waals surface area contributed by atoms with Crippen LogP contribution in [-0.2, 0) is 19.3 Å². The third-order valence-corrected chi connectivity index (χ3v) is 6.90. The zero-order chi connectivity index (χ0) is 22.3. The smallest absolute Gasteiger partial charge is 0.392 e. The molecule has 0 radical (unpaired) electrons. The van der Waals surface area contributed by atoms with Crippen LogP contribution in [0.3, 0.4) is 0 Å². The highest BCUT2D eigenvalue weighted by Gasteiger charge is 2.33. The molecule has 1 aromatic heterocycles. The van der Waals surface area contributed by atoms with E-state index in [-0.39, 0.29) is 18.7 Å². The Morgan fingerprint density at radius 1 is 1.06 bits per heavy atom. The number of nitrogens with zero attached hydrogens (tertiary/aromatic N) is 3. The number of piperazine rings is 1. The van der Waals surface area contributed by atoms with E-state index in [1.54, 1.807) is 0 Å². The fourth-order valence-electron chi connectivity index (χ4n) is 4.39. The van der Waals surface area contributed by atoms with E-state index in [1.807, 2.05) is 19.1 Å². The van der Waals surface area contributed by atoms with E-state index in [4.69, 9.17) is 0 Å². The van der Waals surface area contributed by atoms with Crippen molar-refractivity contribution in [1.82, 2.24) is 9.88 Å². The minimum absolute atomic E-state index is 0.0290. The molecule has 31 heavy (non-hydrogen) atoms. The van der Waals surface area contributed by atoms with Gasteiger partial charge in [-0.25, -0.2) is 4.98 Å². The van der Waals surface area contributed by atoms with Crippen molar-refractivity contribution < 1.29 is 18.3 Å². The molecule has 0 saturated carbocycles. The Kier molecular flexibility index (Phi) is 5.98. The number of fused-ring (bicyclic) bond motifs is 1. The second-order valence-corrected chi connectivity index (χ2v) is 9.45. The van der Waals surface area contributed by atoms with E-state index < -0.39 is 11.7 Å². The number of thiazole rings is 1. The summed E-state index contributed by atoms with van der Waals surface area (Å²) in [6.07, 6.45) is -4.35. The molecule has 2 heterocycles. The van der Waals surface area contributed by atoms with Crippen molar-refractivity contribution in [2.75, 3.05) is 18.0 Å². The molecule has 1 fully saturated rings. The van der Waals surface area contributed by atoms with Crippen LogP contribution in [0.25, 0.3) is 10.2 Å². The molecule has 0 amide bonds. The maximum atomic E-state index is 13.0. The highest BCUT2D eigenvalue weighted by molar-refractivity contribution is 7.22. The van der Waals surface area contributed by atoms with Crippen LogP contribution in [0.15, 0.2) is 36.4 Å². The number of alkyl halides is 3. The van der Waals surface area contributed by atoms with Crippen LogP contribution in [-0.4, -0.2) is 40.2 Å². The van der Waals surface area contributed by atoms with Gasteiger partial charge >= 0.3 is 6.18 Å². The van der Waals surface area contributed by atoms with Gasteiger partial charge in [0.05, 0.1) is 22.4 Å². The van der Waals surface area contributed by atoms with E-state index >= 15 is 0 Å². The first-order valence-electron chi connectivity index (χ1n) is 10.3. The van der Waals surface area contributed by atoms with Crippen molar-refractivity contribution >= 4 is 26.7 Å². The summed E-state index contributed by atoms with van der Waals surface area (Å²) in [4.78, 5) is 9.21. The zero-order valence-electron chi connectivity index (χ0n) is 17.8. The van der Waals surface area contributed by atoms with Gasteiger partial charge in [0.15, 0.2) is 5.13 Å². The maximum absolute atomic E-state index is 13.0. The lowest BCUT2D eigenvalue weighted by Gasteiger charge is -2.44. The molecule has 1 N–H and O–H groups in total. The fourth-order valence-corrected chi connectivity index (χ4v) is 5.41.